The number of H-pyrrole nitrogens is 1. The molecule has 1 atom stereocenters. The van der Waals surface area contributed by atoms with Crippen molar-refractivity contribution in [2.75, 3.05) is 19.6 Å². The number of aromatic amines is 1. The highest BCUT2D eigenvalue weighted by atomic mass is 16.2. The van der Waals surface area contributed by atoms with E-state index in [1.165, 1.54) is 11.1 Å². The minimum absolute atomic E-state index is 0.00522. The number of carbonyl (C=O) groups excluding carboxylic acids is 2. The summed E-state index contributed by atoms with van der Waals surface area (Å²) in [5.74, 6) is 0.0247. The van der Waals surface area contributed by atoms with Crippen molar-refractivity contribution in [2.24, 2.45) is 0 Å². The van der Waals surface area contributed by atoms with Crippen LogP contribution in [0.2, 0.25) is 0 Å². The molecule has 194 valence electrons. The Labute approximate surface area is 223 Å². The van der Waals surface area contributed by atoms with Crippen molar-refractivity contribution in [3.8, 4) is 0 Å². The van der Waals surface area contributed by atoms with Crippen LogP contribution in [0.25, 0.3) is 10.9 Å². The van der Waals surface area contributed by atoms with Crippen LogP contribution < -0.4 is 5.32 Å². The molecule has 38 heavy (non-hydrogen) atoms. The highest BCUT2D eigenvalue weighted by Crippen LogP contribution is 2.34. The van der Waals surface area contributed by atoms with Crippen LogP contribution in [-0.4, -0.2) is 57.8 Å². The van der Waals surface area contributed by atoms with Gasteiger partial charge in [0.15, 0.2) is 0 Å². The number of para-hydroxylation sites is 1. The first-order chi connectivity index (χ1) is 18.6. The zero-order valence-corrected chi connectivity index (χ0v) is 21.6. The lowest BCUT2D eigenvalue weighted by molar-refractivity contribution is -0.161. The fourth-order valence-electron chi connectivity index (χ4n) is 6.16. The van der Waals surface area contributed by atoms with Gasteiger partial charge >= 0.3 is 0 Å². The average Bonchev–Trinajstić information content (AvgIpc) is 3.37. The first kappa shape index (κ1) is 24.4. The van der Waals surface area contributed by atoms with Gasteiger partial charge in [-0.3, -0.25) is 14.5 Å². The molecule has 2 aliphatic heterocycles. The largest absolute Gasteiger partial charge is 0.361 e. The Morgan fingerprint density at radius 2 is 1.47 bits per heavy atom. The van der Waals surface area contributed by atoms with E-state index in [-0.39, 0.29) is 11.8 Å². The Hall–Kier alpha value is -3.90. The van der Waals surface area contributed by atoms with Crippen LogP contribution in [0.1, 0.15) is 29.5 Å². The summed E-state index contributed by atoms with van der Waals surface area (Å²) in [5, 5.41) is 4.26. The molecule has 0 radical (unpaired) electrons. The van der Waals surface area contributed by atoms with Gasteiger partial charge in [-0.05, 0) is 42.0 Å². The molecular weight excluding hydrogens is 472 g/mol. The standard InChI is InChI=1S/C32H34N4O2/c37-30-29(21-26-22-33-28-14-8-7-13-27(26)28)34-31(38)32(36(30)18-15-24-9-3-1-4-10-24)16-19-35(20-17-32)23-25-11-5-2-6-12-25/h1-14,22,29,33H,15-21,23H2,(H,34,38). The fourth-order valence-corrected chi connectivity index (χ4v) is 6.16. The number of hydrogen-bond acceptors (Lipinski definition) is 3. The highest BCUT2D eigenvalue weighted by molar-refractivity contribution is 6.00. The molecule has 2 saturated heterocycles. The molecule has 6 nitrogen and oxygen atoms in total. The SMILES string of the molecule is O=C1C(Cc2c[nH]c3ccccc23)NC(=O)C2(CCN(Cc3ccccc3)CC2)N1CCc1ccccc1. The van der Waals surface area contributed by atoms with Crippen LogP contribution >= 0.6 is 0 Å². The normalized spacial score (nSPS) is 19.7. The maximum absolute atomic E-state index is 14.1. The van der Waals surface area contributed by atoms with Crippen LogP contribution in [0.5, 0.6) is 0 Å². The number of nitrogens with zero attached hydrogens (tertiary/aromatic N) is 2. The first-order valence-corrected chi connectivity index (χ1v) is 13.6. The summed E-state index contributed by atoms with van der Waals surface area (Å²) >= 11 is 0. The van der Waals surface area contributed by atoms with E-state index in [1.54, 1.807) is 0 Å². The number of amides is 2. The second kappa shape index (κ2) is 10.5. The lowest BCUT2D eigenvalue weighted by atomic mass is 9.80. The monoisotopic (exact) mass is 506 g/mol. The fraction of sp³-hybridized carbons (Fsp3) is 0.312. The van der Waals surface area contributed by atoms with Gasteiger partial charge in [-0.2, -0.15) is 0 Å². The molecule has 2 fully saturated rings. The van der Waals surface area contributed by atoms with Gasteiger partial charge in [-0.15, -0.1) is 0 Å². The zero-order valence-electron chi connectivity index (χ0n) is 21.6. The van der Waals surface area contributed by atoms with Crippen LogP contribution in [0.3, 0.4) is 0 Å². The summed E-state index contributed by atoms with van der Waals surface area (Å²) < 4.78 is 0. The molecule has 4 aromatic rings. The van der Waals surface area contributed by atoms with E-state index in [1.807, 2.05) is 53.6 Å². The Kier molecular flexibility index (Phi) is 6.73. The number of carbonyl (C=O) groups is 2. The topological polar surface area (TPSA) is 68.4 Å². The predicted octanol–water partition coefficient (Wildman–Crippen LogP) is 4.31. The Bertz CT molecular complexity index is 1410. The van der Waals surface area contributed by atoms with Crippen LogP contribution in [0.15, 0.2) is 91.1 Å². The number of likely N-dealkylation sites (tertiary alicyclic amines) is 1. The molecule has 1 unspecified atom stereocenters. The van der Waals surface area contributed by atoms with Crippen molar-refractivity contribution in [2.45, 2.75) is 43.8 Å². The third-order valence-electron chi connectivity index (χ3n) is 8.31. The maximum Gasteiger partial charge on any atom is 0.246 e. The van der Waals surface area contributed by atoms with E-state index in [0.717, 1.165) is 42.5 Å². The van der Waals surface area contributed by atoms with Crippen molar-refractivity contribution >= 4 is 22.7 Å². The molecule has 2 amide bonds. The molecule has 6 rings (SSSR count). The van der Waals surface area contributed by atoms with Gasteiger partial charge in [0.05, 0.1) is 0 Å². The van der Waals surface area contributed by atoms with Gasteiger partial charge in [-0.25, -0.2) is 0 Å². The number of benzene rings is 3. The molecule has 1 aromatic heterocycles. The minimum Gasteiger partial charge on any atom is -0.361 e. The summed E-state index contributed by atoms with van der Waals surface area (Å²) in [6.45, 7) is 2.97. The second-order valence-electron chi connectivity index (χ2n) is 10.6. The van der Waals surface area contributed by atoms with E-state index < -0.39 is 11.6 Å². The minimum atomic E-state index is -0.796. The van der Waals surface area contributed by atoms with Crippen molar-refractivity contribution in [1.29, 1.82) is 0 Å². The van der Waals surface area contributed by atoms with Crippen molar-refractivity contribution in [3.63, 3.8) is 0 Å². The van der Waals surface area contributed by atoms with E-state index in [4.69, 9.17) is 0 Å². The van der Waals surface area contributed by atoms with Gasteiger partial charge in [0.2, 0.25) is 11.8 Å². The molecule has 3 heterocycles. The number of aromatic nitrogens is 1. The molecule has 2 N–H and O–H groups in total. The zero-order chi connectivity index (χ0) is 26.0. The predicted molar refractivity (Wildman–Crippen MR) is 149 cm³/mol. The van der Waals surface area contributed by atoms with Crippen molar-refractivity contribution in [3.05, 3.63) is 108 Å². The highest BCUT2D eigenvalue weighted by Gasteiger charge is 2.53. The first-order valence-electron chi connectivity index (χ1n) is 13.6. The van der Waals surface area contributed by atoms with Gasteiger partial charge in [-0.1, -0.05) is 78.9 Å². The number of rotatable bonds is 7. The van der Waals surface area contributed by atoms with Crippen LogP contribution in [0, 0.1) is 0 Å². The second-order valence-corrected chi connectivity index (χ2v) is 10.6. The van der Waals surface area contributed by atoms with E-state index >= 15 is 0 Å². The summed E-state index contributed by atoms with van der Waals surface area (Å²) in [6, 6.07) is 28.2. The van der Waals surface area contributed by atoms with E-state index in [0.29, 0.717) is 25.8 Å². The number of fused-ring (bicyclic) bond motifs is 1. The van der Waals surface area contributed by atoms with Gasteiger partial charge < -0.3 is 15.2 Å². The maximum atomic E-state index is 14.1. The number of piperazine rings is 1. The van der Waals surface area contributed by atoms with Crippen molar-refractivity contribution in [1.82, 2.24) is 20.1 Å². The smallest absolute Gasteiger partial charge is 0.246 e. The van der Waals surface area contributed by atoms with Crippen LogP contribution in [0.4, 0.5) is 0 Å². The Morgan fingerprint density at radius 3 is 2.21 bits per heavy atom. The lowest BCUT2D eigenvalue weighted by Crippen LogP contribution is -2.73. The molecule has 0 saturated carbocycles. The summed E-state index contributed by atoms with van der Waals surface area (Å²) in [4.78, 5) is 35.6. The molecule has 2 aliphatic rings. The summed E-state index contributed by atoms with van der Waals surface area (Å²) in [6.07, 6.45) is 4.46. The van der Waals surface area contributed by atoms with Gasteiger partial charge in [0, 0.05) is 49.7 Å². The molecule has 0 aliphatic carbocycles. The molecular formula is C32H34N4O2. The quantitative estimate of drug-likeness (QED) is 0.392. The molecule has 3 aromatic carbocycles. The lowest BCUT2D eigenvalue weighted by Gasteiger charge is -2.51. The Morgan fingerprint density at radius 1 is 0.816 bits per heavy atom. The van der Waals surface area contributed by atoms with Gasteiger partial charge in [0.25, 0.3) is 0 Å². The molecule has 6 heteroatoms. The Balaban J connectivity index is 1.23. The van der Waals surface area contributed by atoms with Gasteiger partial charge in [0.1, 0.15) is 11.6 Å². The third kappa shape index (κ3) is 4.72. The number of nitrogens with one attached hydrogen (secondary N) is 2. The third-order valence-corrected chi connectivity index (χ3v) is 8.31. The number of hydrogen-bond donors (Lipinski definition) is 2. The number of piperidine rings is 1. The molecule has 1 spiro atoms. The van der Waals surface area contributed by atoms with E-state index in [2.05, 4.69) is 57.7 Å². The van der Waals surface area contributed by atoms with Crippen LogP contribution in [-0.2, 0) is 29.0 Å². The molecule has 0 bridgehead atoms. The van der Waals surface area contributed by atoms with Crippen molar-refractivity contribution < 1.29 is 9.59 Å². The summed E-state index contributed by atoms with van der Waals surface area (Å²) in [5.41, 5.74) is 3.75. The van der Waals surface area contributed by atoms with E-state index in [9.17, 15) is 9.59 Å². The summed E-state index contributed by atoms with van der Waals surface area (Å²) in [7, 11) is 0. The average molecular weight is 507 g/mol.